The predicted octanol–water partition coefficient (Wildman–Crippen LogP) is 2.23. The van der Waals surface area contributed by atoms with Gasteiger partial charge in [-0.2, -0.15) is 4.31 Å². The lowest BCUT2D eigenvalue weighted by atomic mass is 10.2. The molecule has 2 aromatic rings. The number of benzene rings is 2. The van der Waals surface area contributed by atoms with Crippen LogP contribution in [0.2, 0.25) is 0 Å². The molecule has 6 heteroatoms. The number of rotatable bonds is 4. The molecule has 0 unspecified atom stereocenters. The van der Waals surface area contributed by atoms with E-state index in [2.05, 4.69) is 0 Å². The van der Waals surface area contributed by atoms with Crippen molar-refractivity contribution in [3.8, 4) is 0 Å². The third-order valence-corrected chi connectivity index (χ3v) is 4.68. The van der Waals surface area contributed by atoms with Gasteiger partial charge in [-0.1, -0.05) is 18.2 Å². The Morgan fingerprint density at radius 3 is 2.40 bits per heavy atom. The number of nitrogens with two attached hydrogens (primary N) is 1. The number of sulfonamides is 1. The minimum Gasteiger partial charge on any atom is -0.399 e. The molecule has 0 aliphatic carbocycles. The average molecular weight is 294 g/mol. The zero-order valence-corrected chi connectivity index (χ0v) is 11.8. The van der Waals surface area contributed by atoms with Crippen LogP contribution in [0.25, 0.3) is 0 Å². The van der Waals surface area contributed by atoms with Crippen LogP contribution < -0.4 is 5.73 Å². The zero-order chi connectivity index (χ0) is 14.8. The lowest BCUT2D eigenvalue weighted by Crippen LogP contribution is -2.26. The number of halogens is 1. The fraction of sp³-hybridized carbons (Fsp3) is 0.143. The number of nitrogen functional groups attached to an aromatic ring is 1. The minimum atomic E-state index is -3.61. The first kappa shape index (κ1) is 14.5. The Hall–Kier alpha value is -1.92. The summed E-state index contributed by atoms with van der Waals surface area (Å²) < 4.78 is 38.7. The van der Waals surface area contributed by atoms with Crippen molar-refractivity contribution in [1.82, 2.24) is 4.31 Å². The van der Waals surface area contributed by atoms with Gasteiger partial charge in [0.2, 0.25) is 10.0 Å². The fourth-order valence-electron chi connectivity index (χ4n) is 1.79. The fourth-order valence-corrected chi connectivity index (χ4v) is 3.00. The SMILES string of the molecule is CN(Cc1ccc(F)cc1)S(=O)(=O)c1cccc(N)c1. The molecule has 4 nitrogen and oxygen atoms in total. The lowest BCUT2D eigenvalue weighted by Gasteiger charge is -2.17. The summed E-state index contributed by atoms with van der Waals surface area (Å²) in [7, 11) is -2.14. The average Bonchev–Trinajstić information content (AvgIpc) is 2.41. The summed E-state index contributed by atoms with van der Waals surface area (Å²) in [5.41, 5.74) is 6.70. The van der Waals surface area contributed by atoms with Gasteiger partial charge in [0, 0.05) is 19.3 Å². The van der Waals surface area contributed by atoms with Crippen molar-refractivity contribution in [1.29, 1.82) is 0 Å². The number of hydrogen-bond donors (Lipinski definition) is 1. The summed E-state index contributed by atoms with van der Waals surface area (Å²) in [4.78, 5) is 0.141. The third-order valence-electron chi connectivity index (χ3n) is 2.88. The van der Waals surface area contributed by atoms with Gasteiger partial charge >= 0.3 is 0 Å². The third kappa shape index (κ3) is 3.15. The van der Waals surface area contributed by atoms with Gasteiger partial charge in [0.15, 0.2) is 0 Å². The summed E-state index contributed by atoms with van der Waals surface area (Å²) >= 11 is 0. The van der Waals surface area contributed by atoms with Crippen molar-refractivity contribution in [3.63, 3.8) is 0 Å². The normalized spacial score (nSPS) is 11.8. The first-order chi connectivity index (χ1) is 9.39. The Morgan fingerprint density at radius 1 is 1.15 bits per heavy atom. The van der Waals surface area contributed by atoms with Crippen LogP contribution in [-0.4, -0.2) is 19.8 Å². The second-order valence-corrected chi connectivity index (χ2v) is 6.50. The van der Waals surface area contributed by atoms with Gasteiger partial charge in [-0.05, 0) is 35.9 Å². The summed E-state index contributed by atoms with van der Waals surface area (Å²) in [6.07, 6.45) is 0. The van der Waals surface area contributed by atoms with E-state index in [9.17, 15) is 12.8 Å². The maximum absolute atomic E-state index is 12.8. The zero-order valence-electron chi connectivity index (χ0n) is 11.0. The molecular weight excluding hydrogens is 279 g/mol. The molecule has 2 aromatic carbocycles. The monoisotopic (exact) mass is 294 g/mol. The predicted molar refractivity (Wildman–Crippen MR) is 75.9 cm³/mol. The van der Waals surface area contributed by atoms with Gasteiger partial charge in [-0.15, -0.1) is 0 Å². The highest BCUT2D eigenvalue weighted by Crippen LogP contribution is 2.18. The first-order valence-corrected chi connectivity index (χ1v) is 7.40. The molecule has 0 atom stereocenters. The van der Waals surface area contributed by atoms with E-state index < -0.39 is 10.0 Å². The second kappa shape index (κ2) is 5.60. The topological polar surface area (TPSA) is 63.4 Å². The van der Waals surface area contributed by atoms with Gasteiger partial charge in [-0.3, -0.25) is 0 Å². The smallest absolute Gasteiger partial charge is 0.243 e. The lowest BCUT2D eigenvalue weighted by molar-refractivity contribution is 0.466. The Balaban J connectivity index is 2.23. The van der Waals surface area contributed by atoms with Crippen LogP contribution in [0.3, 0.4) is 0 Å². The highest BCUT2D eigenvalue weighted by atomic mass is 32.2. The standard InChI is InChI=1S/C14H15FN2O2S/c1-17(10-11-5-7-12(15)8-6-11)20(18,19)14-4-2-3-13(16)9-14/h2-9H,10,16H2,1H3. The van der Waals surface area contributed by atoms with Crippen molar-refractivity contribution in [2.24, 2.45) is 0 Å². The van der Waals surface area contributed by atoms with Crippen LogP contribution in [0.5, 0.6) is 0 Å². The maximum atomic E-state index is 12.8. The molecule has 0 spiro atoms. The van der Waals surface area contributed by atoms with Gasteiger partial charge in [0.25, 0.3) is 0 Å². The quantitative estimate of drug-likeness (QED) is 0.880. The van der Waals surface area contributed by atoms with E-state index in [1.54, 1.807) is 24.3 Å². The van der Waals surface area contributed by atoms with Gasteiger partial charge < -0.3 is 5.73 Å². The Labute approximate surface area is 117 Å². The molecule has 20 heavy (non-hydrogen) atoms. The van der Waals surface area contributed by atoms with E-state index in [0.717, 1.165) is 0 Å². The molecule has 0 amide bonds. The first-order valence-electron chi connectivity index (χ1n) is 5.96. The van der Waals surface area contributed by atoms with Crippen LogP contribution in [0.1, 0.15) is 5.56 Å². The molecule has 0 aliphatic rings. The van der Waals surface area contributed by atoms with E-state index in [1.807, 2.05) is 0 Å². The van der Waals surface area contributed by atoms with Crippen molar-refractivity contribution < 1.29 is 12.8 Å². The van der Waals surface area contributed by atoms with Crippen molar-refractivity contribution in [2.45, 2.75) is 11.4 Å². The van der Waals surface area contributed by atoms with Crippen molar-refractivity contribution in [2.75, 3.05) is 12.8 Å². The number of anilines is 1. The molecule has 106 valence electrons. The van der Waals surface area contributed by atoms with Gasteiger partial charge in [0.05, 0.1) is 4.90 Å². The molecule has 0 heterocycles. The summed E-state index contributed by atoms with van der Waals surface area (Å²) in [5.74, 6) is -0.352. The van der Waals surface area contributed by atoms with Crippen LogP contribution in [0.4, 0.5) is 10.1 Å². The highest BCUT2D eigenvalue weighted by molar-refractivity contribution is 7.89. The molecule has 0 aliphatic heterocycles. The van der Waals surface area contributed by atoms with Crippen molar-refractivity contribution in [3.05, 3.63) is 59.9 Å². The maximum Gasteiger partial charge on any atom is 0.243 e. The van der Waals surface area contributed by atoms with Crippen LogP contribution in [0.15, 0.2) is 53.4 Å². The van der Waals surface area contributed by atoms with Gasteiger partial charge in [-0.25, -0.2) is 12.8 Å². The molecule has 0 saturated heterocycles. The van der Waals surface area contributed by atoms with Crippen LogP contribution in [-0.2, 0) is 16.6 Å². The highest BCUT2D eigenvalue weighted by Gasteiger charge is 2.20. The number of nitrogens with zero attached hydrogens (tertiary/aromatic N) is 1. The summed E-state index contributed by atoms with van der Waals surface area (Å²) in [6, 6.07) is 11.8. The Morgan fingerprint density at radius 2 is 1.80 bits per heavy atom. The van der Waals surface area contributed by atoms with E-state index in [0.29, 0.717) is 11.3 Å². The molecule has 0 saturated carbocycles. The van der Waals surface area contributed by atoms with E-state index >= 15 is 0 Å². The van der Waals surface area contributed by atoms with E-state index in [-0.39, 0.29) is 17.3 Å². The van der Waals surface area contributed by atoms with Crippen LogP contribution >= 0.6 is 0 Å². The van der Waals surface area contributed by atoms with E-state index in [4.69, 9.17) is 5.73 Å². The molecule has 0 aromatic heterocycles. The van der Waals surface area contributed by atoms with Gasteiger partial charge in [0.1, 0.15) is 5.82 Å². The number of hydrogen-bond acceptors (Lipinski definition) is 3. The molecular formula is C14H15FN2O2S. The largest absolute Gasteiger partial charge is 0.399 e. The van der Waals surface area contributed by atoms with E-state index in [1.165, 1.54) is 35.6 Å². The Bertz CT molecular complexity index is 699. The van der Waals surface area contributed by atoms with Crippen LogP contribution in [0, 0.1) is 5.82 Å². The molecule has 2 N–H and O–H groups in total. The molecule has 0 bridgehead atoms. The molecule has 0 radical (unpaired) electrons. The second-order valence-electron chi connectivity index (χ2n) is 4.46. The minimum absolute atomic E-state index is 0.141. The molecule has 2 rings (SSSR count). The van der Waals surface area contributed by atoms with Crippen molar-refractivity contribution >= 4 is 15.7 Å². The summed E-state index contributed by atoms with van der Waals surface area (Å²) in [6.45, 7) is 0.164. The Kier molecular flexibility index (Phi) is 4.06. The molecule has 0 fully saturated rings. The summed E-state index contributed by atoms with van der Waals surface area (Å²) in [5, 5.41) is 0.